The summed E-state index contributed by atoms with van der Waals surface area (Å²) in [6, 6.07) is 2.05. The maximum absolute atomic E-state index is 13.7. The third-order valence-corrected chi connectivity index (χ3v) is 3.38. The Bertz CT molecular complexity index is 568. The second kappa shape index (κ2) is 4.97. The van der Waals surface area contributed by atoms with E-state index >= 15 is 0 Å². The Balaban J connectivity index is 2.23. The minimum atomic E-state index is -0.421. The number of hydrogen-bond acceptors (Lipinski definition) is 4. The van der Waals surface area contributed by atoms with Gasteiger partial charge in [-0.15, -0.1) is 10.2 Å². The smallest absolute Gasteiger partial charge is 0.206 e. The van der Waals surface area contributed by atoms with E-state index in [1.165, 1.54) is 30.4 Å². The zero-order valence-corrected chi connectivity index (χ0v) is 11.1. The number of halogens is 2. The van der Waals surface area contributed by atoms with Gasteiger partial charge in [-0.05, 0) is 38.5 Å². The van der Waals surface area contributed by atoms with Crippen molar-refractivity contribution in [2.45, 2.75) is 26.8 Å². The van der Waals surface area contributed by atoms with Gasteiger partial charge in [0.1, 0.15) is 16.6 Å². The molecule has 0 bridgehead atoms. The molecule has 1 aromatic carbocycles. The fraction of sp³-hybridized carbons (Fsp3) is 0.333. The van der Waals surface area contributed by atoms with Crippen molar-refractivity contribution in [2.24, 2.45) is 0 Å². The molecule has 1 atom stereocenters. The molecule has 0 radical (unpaired) electrons. The number of aromatic nitrogens is 2. The van der Waals surface area contributed by atoms with Gasteiger partial charge in [0, 0.05) is 5.56 Å². The molecule has 2 aromatic rings. The van der Waals surface area contributed by atoms with Gasteiger partial charge in [-0.1, -0.05) is 11.3 Å². The van der Waals surface area contributed by atoms with E-state index in [4.69, 9.17) is 0 Å². The molecule has 3 nitrogen and oxygen atoms in total. The Morgan fingerprint density at radius 2 is 1.89 bits per heavy atom. The van der Waals surface area contributed by atoms with Gasteiger partial charge in [-0.2, -0.15) is 0 Å². The summed E-state index contributed by atoms with van der Waals surface area (Å²) in [4.78, 5) is 0. The summed E-state index contributed by atoms with van der Waals surface area (Å²) in [5.74, 6) is -0.830. The summed E-state index contributed by atoms with van der Waals surface area (Å²) >= 11 is 1.37. The third kappa shape index (κ3) is 2.64. The molecule has 0 aliphatic heterocycles. The molecule has 0 saturated heterocycles. The van der Waals surface area contributed by atoms with E-state index in [9.17, 15) is 8.78 Å². The quantitative estimate of drug-likeness (QED) is 0.925. The maximum atomic E-state index is 13.7. The predicted molar refractivity (Wildman–Crippen MR) is 67.8 cm³/mol. The lowest BCUT2D eigenvalue weighted by atomic mass is 10.1. The molecular weight excluding hydrogens is 256 g/mol. The molecule has 6 heteroatoms. The van der Waals surface area contributed by atoms with Gasteiger partial charge < -0.3 is 5.32 Å². The molecule has 0 aliphatic carbocycles. The molecule has 18 heavy (non-hydrogen) atoms. The number of rotatable bonds is 3. The lowest BCUT2D eigenvalue weighted by Gasteiger charge is -2.14. The molecule has 1 unspecified atom stereocenters. The summed E-state index contributed by atoms with van der Waals surface area (Å²) in [6.07, 6.45) is 0. The lowest BCUT2D eigenvalue weighted by molar-refractivity contribution is 0.571. The van der Waals surface area contributed by atoms with Crippen molar-refractivity contribution in [2.75, 3.05) is 5.32 Å². The van der Waals surface area contributed by atoms with Gasteiger partial charge in [0.15, 0.2) is 0 Å². The Hall–Kier alpha value is -1.56. The third-order valence-electron chi connectivity index (χ3n) is 2.61. The van der Waals surface area contributed by atoms with Crippen LogP contribution in [0, 0.1) is 25.5 Å². The van der Waals surface area contributed by atoms with Crippen LogP contribution in [0.15, 0.2) is 12.1 Å². The van der Waals surface area contributed by atoms with Crippen LogP contribution in [0.25, 0.3) is 0 Å². The van der Waals surface area contributed by atoms with E-state index in [0.717, 1.165) is 5.01 Å². The molecule has 1 heterocycles. The standard InChI is InChI=1S/C12H13F2N3S/c1-6-4-11(14)9(5-10(6)13)7(2)15-12-17-16-8(3)18-12/h4-5,7H,1-3H3,(H,15,17). The van der Waals surface area contributed by atoms with Crippen molar-refractivity contribution >= 4 is 16.5 Å². The molecule has 0 amide bonds. The molecule has 2 rings (SSSR count). The second-order valence-electron chi connectivity index (χ2n) is 4.12. The molecule has 96 valence electrons. The van der Waals surface area contributed by atoms with Crippen LogP contribution >= 0.6 is 11.3 Å². The van der Waals surface area contributed by atoms with Crippen LogP contribution in [0.5, 0.6) is 0 Å². The van der Waals surface area contributed by atoms with Gasteiger partial charge in [-0.25, -0.2) is 8.78 Å². The molecule has 0 aliphatic rings. The van der Waals surface area contributed by atoms with Crippen LogP contribution in [0.2, 0.25) is 0 Å². The van der Waals surface area contributed by atoms with Crippen molar-refractivity contribution in [3.8, 4) is 0 Å². The molecule has 0 fully saturated rings. The van der Waals surface area contributed by atoms with Crippen LogP contribution in [0.4, 0.5) is 13.9 Å². The molecular formula is C12H13F2N3S. The van der Waals surface area contributed by atoms with Gasteiger partial charge in [-0.3, -0.25) is 0 Å². The van der Waals surface area contributed by atoms with Gasteiger partial charge >= 0.3 is 0 Å². The lowest BCUT2D eigenvalue weighted by Crippen LogP contribution is -2.09. The molecule has 1 N–H and O–H groups in total. The minimum absolute atomic E-state index is 0.283. The largest absolute Gasteiger partial charge is 0.353 e. The Labute approximate surface area is 108 Å². The average Bonchev–Trinajstić information content (AvgIpc) is 2.69. The second-order valence-corrected chi connectivity index (χ2v) is 5.30. The van der Waals surface area contributed by atoms with Crippen LogP contribution < -0.4 is 5.32 Å². The average molecular weight is 269 g/mol. The molecule has 0 spiro atoms. The van der Waals surface area contributed by atoms with Crippen LogP contribution in [-0.2, 0) is 0 Å². The van der Waals surface area contributed by atoms with Crippen molar-refractivity contribution in [1.82, 2.24) is 10.2 Å². The minimum Gasteiger partial charge on any atom is -0.353 e. The Morgan fingerprint density at radius 3 is 2.50 bits per heavy atom. The first kappa shape index (κ1) is 12.9. The Morgan fingerprint density at radius 1 is 1.17 bits per heavy atom. The normalized spacial score (nSPS) is 12.5. The van der Waals surface area contributed by atoms with E-state index in [-0.39, 0.29) is 11.6 Å². The predicted octanol–water partition coefficient (Wildman–Crippen LogP) is 3.61. The summed E-state index contributed by atoms with van der Waals surface area (Å²) in [7, 11) is 0. The summed E-state index contributed by atoms with van der Waals surface area (Å²) in [6.45, 7) is 5.12. The zero-order valence-electron chi connectivity index (χ0n) is 10.3. The number of nitrogens with zero attached hydrogens (tertiary/aromatic N) is 2. The SMILES string of the molecule is Cc1nnc(NC(C)c2cc(F)c(C)cc2F)s1. The van der Waals surface area contributed by atoms with Crippen molar-refractivity contribution in [3.63, 3.8) is 0 Å². The van der Waals surface area contributed by atoms with E-state index in [2.05, 4.69) is 15.5 Å². The Kier molecular flexibility index (Phi) is 3.56. The van der Waals surface area contributed by atoms with Crippen molar-refractivity contribution in [1.29, 1.82) is 0 Å². The van der Waals surface area contributed by atoms with Crippen LogP contribution in [0.3, 0.4) is 0 Å². The van der Waals surface area contributed by atoms with Gasteiger partial charge in [0.05, 0.1) is 6.04 Å². The summed E-state index contributed by atoms with van der Waals surface area (Å²) in [5, 5.41) is 12.2. The number of nitrogens with one attached hydrogen (secondary N) is 1. The molecule has 1 aromatic heterocycles. The number of hydrogen-bond donors (Lipinski definition) is 1. The van der Waals surface area contributed by atoms with Crippen molar-refractivity contribution in [3.05, 3.63) is 39.9 Å². The topological polar surface area (TPSA) is 37.8 Å². The fourth-order valence-electron chi connectivity index (χ4n) is 1.61. The number of benzene rings is 1. The highest BCUT2D eigenvalue weighted by Crippen LogP contribution is 2.25. The van der Waals surface area contributed by atoms with E-state index in [1.807, 2.05) is 6.92 Å². The highest BCUT2D eigenvalue weighted by Gasteiger charge is 2.15. The number of aryl methyl sites for hydroxylation is 2. The number of anilines is 1. The first-order chi connectivity index (χ1) is 8.47. The van der Waals surface area contributed by atoms with Gasteiger partial charge in [0.2, 0.25) is 5.13 Å². The molecule has 0 saturated carbocycles. The maximum Gasteiger partial charge on any atom is 0.206 e. The summed E-state index contributed by atoms with van der Waals surface area (Å²) in [5.41, 5.74) is 0.584. The zero-order chi connectivity index (χ0) is 13.3. The first-order valence-corrected chi connectivity index (χ1v) is 6.31. The van der Waals surface area contributed by atoms with Crippen LogP contribution in [0.1, 0.15) is 29.1 Å². The first-order valence-electron chi connectivity index (χ1n) is 5.49. The fourth-order valence-corrected chi connectivity index (χ4v) is 2.29. The van der Waals surface area contributed by atoms with E-state index in [0.29, 0.717) is 10.7 Å². The van der Waals surface area contributed by atoms with E-state index < -0.39 is 11.6 Å². The monoisotopic (exact) mass is 269 g/mol. The van der Waals surface area contributed by atoms with E-state index in [1.54, 1.807) is 6.92 Å². The highest BCUT2D eigenvalue weighted by atomic mass is 32.1. The highest BCUT2D eigenvalue weighted by molar-refractivity contribution is 7.15. The van der Waals surface area contributed by atoms with Crippen LogP contribution in [-0.4, -0.2) is 10.2 Å². The van der Waals surface area contributed by atoms with Crippen molar-refractivity contribution < 1.29 is 8.78 Å². The van der Waals surface area contributed by atoms with Gasteiger partial charge in [0.25, 0.3) is 0 Å². The summed E-state index contributed by atoms with van der Waals surface area (Å²) < 4.78 is 27.2.